The molecule has 0 aliphatic heterocycles. The van der Waals surface area contributed by atoms with E-state index >= 15 is 0 Å². The predicted molar refractivity (Wildman–Crippen MR) is 118 cm³/mol. The van der Waals surface area contributed by atoms with Gasteiger partial charge in [0.2, 0.25) is 5.91 Å². The Balaban J connectivity index is 1.61. The number of nitrogens with one attached hydrogen (secondary N) is 3. The van der Waals surface area contributed by atoms with E-state index in [0.29, 0.717) is 31.3 Å². The Hall–Kier alpha value is -2.70. The summed E-state index contributed by atoms with van der Waals surface area (Å²) in [5.74, 6) is -1.71. The van der Waals surface area contributed by atoms with Gasteiger partial charge in [0.05, 0.1) is 28.3 Å². The number of carbonyl (C=O) groups is 3. The van der Waals surface area contributed by atoms with Gasteiger partial charge in [-0.2, -0.15) is 0 Å². The Morgan fingerprint density at radius 1 is 1.23 bits per heavy atom. The van der Waals surface area contributed by atoms with E-state index in [1.54, 1.807) is 11.4 Å². The molecule has 0 spiro atoms. The molecular formula is C18H14Br2N4O5S. The summed E-state index contributed by atoms with van der Waals surface area (Å²) >= 11 is 7.75. The second-order valence-corrected chi connectivity index (χ2v) is 8.40. The first-order valence-electron chi connectivity index (χ1n) is 8.27. The number of aromatic amines is 1. The monoisotopic (exact) mass is 556 g/mol. The molecule has 2 heterocycles. The number of carbonyl (C=O) groups excluding carboxylic acids is 3. The van der Waals surface area contributed by atoms with Crippen molar-refractivity contribution in [2.45, 2.75) is 6.42 Å². The summed E-state index contributed by atoms with van der Waals surface area (Å²) in [5.41, 5.74) is 1.08. The lowest BCUT2D eigenvalue weighted by molar-refractivity contribution is -0.115. The van der Waals surface area contributed by atoms with Gasteiger partial charge in [0.1, 0.15) is 17.0 Å². The van der Waals surface area contributed by atoms with Gasteiger partial charge in [-0.1, -0.05) is 0 Å². The number of phenolic OH excluding ortho intramolecular Hbond substituents is 1. The van der Waals surface area contributed by atoms with Crippen molar-refractivity contribution >= 4 is 71.8 Å². The van der Waals surface area contributed by atoms with E-state index in [2.05, 4.69) is 57.2 Å². The van der Waals surface area contributed by atoms with Crippen LogP contribution in [0.25, 0.3) is 0 Å². The minimum Gasteiger partial charge on any atom is -0.507 e. The van der Waals surface area contributed by atoms with E-state index in [0.717, 1.165) is 0 Å². The minimum absolute atomic E-state index is 0.0413. The van der Waals surface area contributed by atoms with Crippen LogP contribution in [0.5, 0.6) is 5.75 Å². The van der Waals surface area contributed by atoms with Crippen molar-refractivity contribution < 1.29 is 24.2 Å². The number of rotatable bonds is 6. The fraction of sp³-hybridized carbons (Fsp3) is 0.111. The molecule has 0 aliphatic rings. The predicted octanol–water partition coefficient (Wildman–Crippen LogP) is 3.92. The number of phenols is 1. The maximum absolute atomic E-state index is 12.3. The van der Waals surface area contributed by atoms with Crippen LogP contribution in [0.15, 0.2) is 38.7 Å². The molecule has 2 amide bonds. The van der Waals surface area contributed by atoms with Crippen molar-refractivity contribution in [3.63, 3.8) is 0 Å². The van der Waals surface area contributed by atoms with Gasteiger partial charge >= 0.3 is 5.97 Å². The average Bonchev–Trinajstić information content (AvgIpc) is 3.28. The van der Waals surface area contributed by atoms with Crippen LogP contribution in [0, 0.1) is 0 Å². The van der Waals surface area contributed by atoms with Crippen LogP contribution < -0.4 is 10.6 Å². The van der Waals surface area contributed by atoms with Crippen LogP contribution >= 0.6 is 43.2 Å². The molecule has 12 heteroatoms. The minimum atomic E-state index is -0.718. The van der Waals surface area contributed by atoms with Gasteiger partial charge in [-0.15, -0.1) is 11.3 Å². The summed E-state index contributed by atoms with van der Waals surface area (Å²) < 4.78 is 5.95. The molecule has 0 saturated heterocycles. The SMILES string of the molecule is COC(=O)c1cc(NC(=O)Cc2csc(NC(=O)c3cc(Br)c(Br)[nH]3)n2)ccc1O. The highest BCUT2D eigenvalue weighted by Crippen LogP contribution is 2.25. The number of benzene rings is 1. The number of amides is 2. The second kappa shape index (κ2) is 9.41. The molecule has 4 N–H and O–H groups in total. The van der Waals surface area contributed by atoms with Gasteiger partial charge in [0.25, 0.3) is 5.91 Å². The van der Waals surface area contributed by atoms with Crippen LogP contribution in [0.3, 0.4) is 0 Å². The molecule has 0 bridgehead atoms. The number of hydrogen-bond donors (Lipinski definition) is 4. The summed E-state index contributed by atoms with van der Waals surface area (Å²) in [4.78, 5) is 43.3. The summed E-state index contributed by atoms with van der Waals surface area (Å²) in [7, 11) is 1.19. The third-order valence-electron chi connectivity index (χ3n) is 3.77. The smallest absolute Gasteiger partial charge is 0.341 e. The fourth-order valence-corrected chi connectivity index (χ4v) is 3.75. The zero-order valence-electron chi connectivity index (χ0n) is 15.3. The van der Waals surface area contributed by atoms with E-state index in [-0.39, 0.29) is 29.5 Å². The lowest BCUT2D eigenvalue weighted by atomic mass is 10.1. The van der Waals surface area contributed by atoms with Crippen molar-refractivity contribution in [1.29, 1.82) is 0 Å². The molecule has 0 unspecified atom stereocenters. The summed E-state index contributed by atoms with van der Waals surface area (Å²) in [5, 5.41) is 17.0. The topological polar surface area (TPSA) is 133 Å². The van der Waals surface area contributed by atoms with Crippen LogP contribution in [0.2, 0.25) is 0 Å². The third kappa shape index (κ3) is 5.26. The molecule has 0 atom stereocenters. The van der Waals surface area contributed by atoms with Gasteiger partial charge in [0.15, 0.2) is 5.13 Å². The van der Waals surface area contributed by atoms with E-state index < -0.39 is 5.97 Å². The molecule has 3 rings (SSSR count). The number of aromatic nitrogens is 2. The Bertz CT molecular complexity index is 1110. The maximum Gasteiger partial charge on any atom is 0.341 e. The lowest BCUT2D eigenvalue weighted by Crippen LogP contribution is -2.15. The molecule has 0 radical (unpaired) electrons. The second-order valence-electron chi connectivity index (χ2n) is 5.89. The Morgan fingerprint density at radius 2 is 2.00 bits per heavy atom. The van der Waals surface area contributed by atoms with E-state index in [1.165, 1.54) is 36.6 Å². The van der Waals surface area contributed by atoms with Crippen molar-refractivity contribution in [3.8, 4) is 5.75 Å². The number of halogens is 2. The maximum atomic E-state index is 12.3. The Morgan fingerprint density at radius 3 is 2.67 bits per heavy atom. The number of H-pyrrole nitrogens is 1. The zero-order valence-corrected chi connectivity index (χ0v) is 19.3. The lowest BCUT2D eigenvalue weighted by Gasteiger charge is -2.07. The van der Waals surface area contributed by atoms with Crippen molar-refractivity contribution in [2.24, 2.45) is 0 Å². The van der Waals surface area contributed by atoms with Crippen molar-refractivity contribution in [1.82, 2.24) is 9.97 Å². The number of ether oxygens (including phenoxy) is 1. The van der Waals surface area contributed by atoms with Crippen LogP contribution in [0.1, 0.15) is 26.5 Å². The molecule has 9 nitrogen and oxygen atoms in total. The van der Waals surface area contributed by atoms with Crippen molar-refractivity contribution in [3.05, 3.63) is 55.7 Å². The molecule has 2 aromatic heterocycles. The van der Waals surface area contributed by atoms with Crippen LogP contribution in [-0.4, -0.2) is 40.0 Å². The molecule has 0 saturated carbocycles. The van der Waals surface area contributed by atoms with Gasteiger partial charge < -0.3 is 20.1 Å². The normalized spacial score (nSPS) is 10.5. The molecule has 0 aliphatic carbocycles. The molecule has 3 aromatic rings. The van der Waals surface area contributed by atoms with Gasteiger partial charge in [-0.3, -0.25) is 14.9 Å². The number of aromatic hydroxyl groups is 1. The van der Waals surface area contributed by atoms with Crippen LogP contribution in [0.4, 0.5) is 10.8 Å². The molecular weight excluding hydrogens is 544 g/mol. The molecule has 1 aromatic carbocycles. The van der Waals surface area contributed by atoms with Gasteiger partial charge in [0, 0.05) is 11.1 Å². The number of esters is 1. The highest BCUT2D eigenvalue weighted by Gasteiger charge is 2.16. The zero-order chi connectivity index (χ0) is 21.8. The quantitative estimate of drug-likeness (QED) is 0.268. The summed E-state index contributed by atoms with van der Waals surface area (Å²) in [6.07, 6.45) is -0.0413. The number of hydrogen-bond acceptors (Lipinski definition) is 7. The highest BCUT2D eigenvalue weighted by molar-refractivity contribution is 9.13. The summed E-state index contributed by atoms with van der Waals surface area (Å²) in [6, 6.07) is 5.69. The Labute approximate surface area is 191 Å². The van der Waals surface area contributed by atoms with E-state index in [1.807, 2.05) is 0 Å². The first-order valence-corrected chi connectivity index (χ1v) is 10.7. The number of thiazole rings is 1. The van der Waals surface area contributed by atoms with E-state index in [9.17, 15) is 19.5 Å². The molecule has 0 fully saturated rings. The average molecular weight is 558 g/mol. The largest absolute Gasteiger partial charge is 0.507 e. The number of nitrogens with zero attached hydrogens (tertiary/aromatic N) is 1. The summed E-state index contributed by atoms with van der Waals surface area (Å²) in [6.45, 7) is 0. The standard InChI is InChI=1S/C18H14Br2N4O5S/c1-29-17(28)10-4-8(2-3-13(10)25)21-14(26)5-9-7-30-18(22-9)24-16(27)12-6-11(19)15(20)23-12/h2-4,6-7,23,25H,5H2,1H3,(H,21,26)(H,22,24,27). The van der Waals surface area contributed by atoms with Crippen LogP contribution in [-0.2, 0) is 16.0 Å². The number of methoxy groups -OCH3 is 1. The highest BCUT2D eigenvalue weighted by atomic mass is 79.9. The first-order chi connectivity index (χ1) is 14.3. The molecule has 30 heavy (non-hydrogen) atoms. The van der Waals surface area contributed by atoms with Gasteiger partial charge in [-0.25, -0.2) is 9.78 Å². The van der Waals surface area contributed by atoms with E-state index in [4.69, 9.17) is 0 Å². The third-order valence-corrected chi connectivity index (χ3v) is 6.36. The number of anilines is 2. The fourth-order valence-electron chi connectivity index (χ4n) is 2.39. The first kappa shape index (κ1) is 22.0. The Kier molecular flexibility index (Phi) is 6.90. The van der Waals surface area contributed by atoms with Gasteiger partial charge in [-0.05, 0) is 56.1 Å². The molecule has 156 valence electrons. The van der Waals surface area contributed by atoms with Crippen molar-refractivity contribution in [2.75, 3.05) is 17.7 Å².